The standard InChI is InChI=1S/C42H46N12O4/c1-25-5-4-6-26(2)36(25)47-37-32-23-44-42(48-38(32)50(3)49-37)45-28-7-11-34(43-22-28)53-19-17-51(18-20-53)24-27-13-15-52(16-14-27)29-8-9-30-31(21-29)41(58)54(40(30)57)33-10-12-35(55)46-39(33)56/h4-9,11,21-23,27,33H,10,12-20,24H2,1-3H3,(H,47,49)(H,44,45,48)(H,46,55,56). The number of carbonyl (C=O) groups is 4. The van der Waals surface area contributed by atoms with Gasteiger partial charge in [0, 0.05) is 76.9 Å². The predicted molar refractivity (Wildman–Crippen MR) is 220 cm³/mol. The molecule has 9 rings (SSSR count). The van der Waals surface area contributed by atoms with Gasteiger partial charge in [-0.05, 0) is 80.5 Å². The van der Waals surface area contributed by atoms with Gasteiger partial charge in [0.2, 0.25) is 17.8 Å². The maximum absolute atomic E-state index is 13.3. The molecule has 0 saturated carbocycles. The van der Waals surface area contributed by atoms with Crippen molar-refractivity contribution in [1.82, 2.24) is 39.8 Å². The Labute approximate surface area is 335 Å². The number of hydrogen-bond acceptors (Lipinski definition) is 13. The van der Waals surface area contributed by atoms with Crippen molar-refractivity contribution in [2.24, 2.45) is 13.0 Å². The second-order valence-corrected chi connectivity index (χ2v) is 15.7. The molecular formula is C42H46N12O4. The lowest BCUT2D eigenvalue weighted by Gasteiger charge is -2.39. The zero-order chi connectivity index (χ0) is 40.1. The fourth-order valence-electron chi connectivity index (χ4n) is 8.65. The number of aromatic nitrogens is 5. The van der Waals surface area contributed by atoms with Crippen molar-refractivity contribution in [2.45, 2.75) is 45.6 Å². The molecule has 1 atom stereocenters. The second kappa shape index (κ2) is 15.2. The Bertz CT molecular complexity index is 2410. The zero-order valence-corrected chi connectivity index (χ0v) is 32.9. The summed E-state index contributed by atoms with van der Waals surface area (Å²) in [6, 6.07) is 14.7. The highest BCUT2D eigenvalue weighted by Crippen LogP contribution is 2.33. The number of hydrogen-bond donors (Lipinski definition) is 3. The van der Waals surface area contributed by atoms with E-state index < -0.39 is 23.8 Å². The van der Waals surface area contributed by atoms with Crippen LogP contribution in [0.4, 0.5) is 34.6 Å². The maximum atomic E-state index is 13.3. The minimum absolute atomic E-state index is 0.0987. The van der Waals surface area contributed by atoms with Crippen molar-refractivity contribution in [3.63, 3.8) is 0 Å². The van der Waals surface area contributed by atoms with Gasteiger partial charge in [0.15, 0.2) is 11.5 Å². The van der Waals surface area contributed by atoms with E-state index in [1.165, 1.54) is 0 Å². The van der Waals surface area contributed by atoms with Gasteiger partial charge in [-0.1, -0.05) is 18.2 Å². The molecule has 3 N–H and O–H groups in total. The van der Waals surface area contributed by atoms with Crippen LogP contribution in [0.3, 0.4) is 0 Å². The number of para-hydroxylation sites is 1. The molecule has 3 saturated heterocycles. The van der Waals surface area contributed by atoms with E-state index in [2.05, 4.69) is 66.7 Å². The van der Waals surface area contributed by atoms with Gasteiger partial charge in [-0.25, -0.2) is 14.6 Å². The van der Waals surface area contributed by atoms with Crippen molar-refractivity contribution in [3.05, 3.63) is 83.2 Å². The Morgan fingerprint density at radius 2 is 1.55 bits per heavy atom. The van der Waals surface area contributed by atoms with Gasteiger partial charge in [-0.15, -0.1) is 0 Å². The number of aryl methyl sites for hydroxylation is 3. The molecular weight excluding hydrogens is 737 g/mol. The minimum Gasteiger partial charge on any atom is -0.371 e. The normalized spacial score (nSPS) is 19.2. The molecule has 3 fully saturated rings. The first-order chi connectivity index (χ1) is 28.1. The summed E-state index contributed by atoms with van der Waals surface area (Å²) < 4.78 is 1.76. The van der Waals surface area contributed by atoms with Gasteiger partial charge in [0.1, 0.15) is 11.9 Å². The average molecular weight is 783 g/mol. The molecule has 4 aliphatic rings. The summed E-state index contributed by atoms with van der Waals surface area (Å²) in [5.74, 6) is 0.762. The Morgan fingerprint density at radius 3 is 2.28 bits per heavy atom. The monoisotopic (exact) mass is 782 g/mol. The third kappa shape index (κ3) is 7.08. The first-order valence-electron chi connectivity index (χ1n) is 19.9. The first kappa shape index (κ1) is 37.2. The molecule has 4 aliphatic heterocycles. The molecule has 7 heterocycles. The van der Waals surface area contributed by atoms with Crippen LogP contribution in [0, 0.1) is 19.8 Å². The number of imide groups is 2. The molecule has 298 valence electrons. The molecule has 5 aromatic rings. The molecule has 2 aromatic carbocycles. The van der Waals surface area contributed by atoms with Gasteiger partial charge < -0.3 is 20.4 Å². The SMILES string of the molecule is Cc1cccc(C)c1Nc1nn(C)c2nc(Nc3ccc(N4CCN(CC5CCN(c6ccc7c(c6)C(=O)N(C6CCC(=O)NC6=O)C7=O)CC5)CC4)nc3)ncc12. The Kier molecular flexibility index (Phi) is 9.71. The number of carbonyl (C=O) groups excluding carboxylic acids is 4. The number of fused-ring (bicyclic) bond motifs is 2. The van der Waals surface area contributed by atoms with Gasteiger partial charge in [-0.3, -0.25) is 34.3 Å². The van der Waals surface area contributed by atoms with Crippen LogP contribution in [0.1, 0.15) is 57.5 Å². The zero-order valence-electron chi connectivity index (χ0n) is 32.9. The van der Waals surface area contributed by atoms with Crippen molar-refractivity contribution < 1.29 is 19.2 Å². The number of anilines is 6. The molecule has 16 heteroatoms. The van der Waals surface area contributed by atoms with Crippen LogP contribution in [0.15, 0.2) is 60.9 Å². The van der Waals surface area contributed by atoms with Gasteiger partial charge >= 0.3 is 0 Å². The smallest absolute Gasteiger partial charge is 0.262 e. The number of benzene rings is 2. The molecule has 0 aliphatic carbocycles. The molecule has 0 bridgehead atoms. The van der Waals surface area contributed by atoms with Crippen molar-refractivity contribution in [3.8, 4) is 0 Å². The van der Waals surface area contributed by atoms with E-state index in [1.54, 1.807) is 23.0 Å². The molecule has 1 unspecified atom stereocenters. The van der Waals surface area contributed by atoms with E-state index >= 15 is 0 Å². The second-order valence-electron chi connectivity index (χ2n) is 15.7. The Hall–Kier alpha value is -6.42. The van der Waals surface area contributed by atoms with Gasteiger partial charge in [0.05, 0.1) is 28.4 Å². The van der Waals surface area contributed by atoms with E-state index in [0.717, 1.165) is 109 Å². The van der Waals surface area contributed by atoms with Crippen LogP contribution >= 0.6 is 0 Å². The summed E-state index contributed by atoms with van der Waals surface area (Å²) in [7, 11) is 1.88. The lowest BCUT2D eigenvalue weighted by molar-refractivity contribution is -0.136. The van der Waals surface area contributed by atoms with Crippen molar-refractivity contribution >= 4 is 69.3 Å². The van der Waals surface area contributed by atoms with Crippen LogP contribution < -0.4 is 25.8 Å². The van der Waals surface area contributed by atoms with E-state index in [1.807, 2.05) is 37.5 Å². The largest absolute Gasteiger partial charge is 0.371 e. The van der Waals surface area contributed by atoms with E-state index in [0.29, 0.717) is 28.8 Å². The summed E-state index contributed by atoms with van der Waals surface area (Å²) in [6.07, 6.45) is 5.92. The highest BCUT2D eigenvalue weighted by Gasteiger charge is 2.45. The summed E-state index contributed by atoms with van der Waals surface area (Å²) >= 11 is 0. The number of piperazine rings is 1. The molecule has 4 amide bonds. The average Bonchev–Trinajstić information content (AvgIpc) is 3.67. The molecule has 58 heavy (non-hydrogen) atoms. The molecule has 0 radical (unpaired) electrons. The van der Waals surface area contributed by atoms with Crippen LogP contribution in [-0.4, -0.2) is 110 Å². The molecule has 16 nitrogen and oxygen atoms in total. The number of rotatable bonds is 9. The third-order valence-corrected chi connectivity index (χ3v) is 11.9. The topological polar surface area (TPSA) is 174 Å². The first-order valence-corrected chi connectivity index (χ1v) is 19.9. The predicted octanol–water partition coefficient (Wildman–Crippen LogP) is 4.30. The number of amides is 4. The summed E-state index contributed by atoms with van der Waals surface area (Å²) in [5.41, 5.74) is 6.38. The minimum atomic E-state index is -0.964. The van der Waals surface area contributed by atoms with E-state index in [9.17, 15) is 19.2 Å². The summed E-state index contributed by atoms with van der Waals surface area (Å²) in [6.45, 7) is 10.6. The fraction of sp³-hybridized carbons (Fsp3) is 0.381. The van der Waals surface area contributed by atoms with Crippen LogP contribution in [0.25, 0.3) is 11.0 Å². The lowest BCUT2D eigenvalue weighted by Crippen LogP contribution is -2.54. The van der Waals surface area contributed by atoms with Gasteiger partial charge in [0.25, 0.3) is 11.8 Å². The summed E-state index contributed by atoms with van der Waals surface area (Å²) in [5, 5.41) is 14.5. The van der Waals surface area contributed by atoms with Crippen molar-refractivity contribution in [2.75, 3.05) is 66.2 Å². The number of nitrogens with zero attached hydrogens (tertiary/aromatic N) is 9. The highest BCUT2D eigenvalue weighted by atomic mass is 16.2. The fourth-order valence-corrected chi connectivity index (χ4v) is 8.65. The third-order valence-electron chi connectivity index (χ3n) is 11.9. The van der Waals surface area contributed by atoms with Crippen LogP contribution in [-0.2, 0) is 16.6 Å². The number of nitrogens with one attached hydrogen (secondary N) is 3. The van der Waals surface area contributed by atoms with E-state index in [4.69, 9.17) is 9.97 Å². The number of piperidine rings is 2. The quantitative estimate of drug-likeness (QED) is 0.181. The van der Waals surface area contributed by atoms with Gasteiger partial charge in [-0.2, -0.15) is 10.1 Å². The van der Waals surface area contributed by atoms with E-state index in [-0.39, 0.29) is 18.7 Å². The highest BCUT2D eigenvalue weighted by molar-refractivity contribution is 6.23. The Balaban J connectivity index is 0.747. The van der Waals surface area contributed by atoms with Crippen LogP contribution in [0.2, 0.25) is 0 Å². The number of pyridine rings is 1. The molecule has 0 spiro atoms. The molecule has 3 aromatic heterocycles. The lowest BCUT2D eigenvalue weighted by atomic mass is 9.95. The van der Waals surface area contributed by atoms with Crippen molar-refractivity contribution in [1.29, 1.82) is 0 Å². The Morgan fingerprint density at radius 1 is 0.793 bits per heavy atom. The summed E-state index contributed by atoms with van der Waals surface area (Å²) in [4.78, 5) is 72.8. The van der Waals surface area contributed by atoms with Crippen LogP contribution in [0.5, 0.6) is 0 Å². The maximum Gasteiger partial charge on any atom is 0.262 e.